The van der Waals surface area contributed by atoms with Gasteiger partial charge < -0.3 is 10.1 Å². The van der Waals surface area contributed by atoms with E-state index in [-0.39, 0.29) is 11.7 Å². The average Bonchev–Trinajstić information content (AvgIpc) is 2.90. The minimum Gasteiger partial charge on any atom is -0.441 e. The zero-order chi connectivity index (χ0) is 17.1. The molecule has 4 nitrogen and oxygen atoms in total. The first kappa shape index (κ1) is 16.2. The SMILES string of the molecule is O=C1NCC2(CCCN(Cc3cccc(-c4ccccc4)c3)CC2)O1. The lowest BCUT2D eigenvalue weighted by Crippen LogP contribution is -2.34. The van der Waals surface area contributed by atoms with Crippen LogP contribution in [0.3, 0.4) is 0 Å². The monoisotopic (exact) mass is 336 g/mol. The zero-order valence-corrected chi connectivity index (χ0v) is 14.4. The van der Waals surface area contributed by atoms with Crippen LogP contribution < -0.4 is 5.32 Å². The number of amides is 1. The third-order valence-corrected chi connectivity index (χ3v) is 5.29. The van der Waals surface area contributed by atoms with E-state index in [2.05, 4.69) is 58.7 Å². The van der Waals surface area contributed by atoms with Crippen molar-refractivity contribution in [2.45, 2.75) is 31.4 Å². The van der Waals surface area contributed by atoms with E-state index in [9.17, 15) is 4.79 Å². The second-order valence-electron chi connectivity index (χ2n) is 7.12. The highest BCUT2D eigenvalue weighted by Gasteiger charge is 2.41. The van der Waals surface area contributed by atoms with Crippen molar-refractivity contribution >= 4 is 6.09 Å². The van der Waals surface area contributed by atoms with E-state index in [0.29, 0.717) is 6.54 Å². The fourth-order valence-corrected chi connectivity index (χ4v) is 3.90. The molecule has 0 saturated carbocycles. The molecule has 1 amide bonds. The summed E-state index contributed by atoms with van der Waals surface area (Å²) in [5.74, 6) is 0. The summed E-state index contributed by atoms with van der Waals surface area (Å²) < 4.78 is 5.57. The van der Waals surface area contributed by atoms with Gasteiger partial charge in [-0.25, -0.2) is 4.79 Å². The highest BCUT2D eigenvalue weighted by molar-refractivity contribution is 5.70. The van der Waals surface area contributed by atoms with Gasteiger partial charge in [-0.2, -0.15) is 0 Å². The number of hydrogen-bond acceptors (Lipinski definition) is 3. The fourth-order valence-electron chi connectivity index (χ4n) is 3.90. The topological polar surface area (TPSA) is 41.6 Å². The normalized spacial score (nSPS) is 23.9. The Kier molecular flexibility index (Phi) is 4.45. The van der Waals surface area contributed by atoms with Crippen LogP contribution in [0.25, 0.3) is 11.1 Å². The number of nitrogens with zero attached hydrogens (tertiary/aromatic N) is 1. The van der Waals surface area contributed by atoms with Gasteiger partial charge in [0, 0.05) is 19.5 Å². The van der Waals surface area contributed by atoms with Crippen LogP contribution >= 0.6 is 0 Å². The highest BCUT2D eigenvalue weighted by atomic mass is 16.6. The molecular formula is C21H24N2O2. The summed E-state index contributed by atoms with van der Waals surface area (Å²) in [6, 6.07) is 19.3. The van der Waals surface area contributed by atoms with Crippen molar-refractivity contribution in [2.24, 2.45) is 0 Å². The van der Waals surface area contributed by atoms with Crippen molar-refractivity contribution in [3.8, 4) is 11.1 Å². The number of likely N-dealkylation sites (tertiary alicyclic amines) is 1. The summed E-state index contributed by atoms with van der Waals surface area (Å²) in [6.45, 7) is 3.61. The molecular weight excluding hydrogens is 312 g/mol. The summed E-state index contributed by atoms with van der Waals surface area (Å²) in [7, 11) is 0. The average molecular weight is 336 g/mol. The van der Waals surface area contributed by atoms with Gasteiger partial charge in [0.25, 0.3) is 0 Å². The van der Waals surface area contributed by atoms with Gasteiger partial charge >= 0.3 is 6.09 Å². The summed E-state index contributed by atoms with van der Waals surface area (Å²) in [5, 5.41) is 2.82. The first-order valence-electron chi connectivity index (χ1n) is 9.06. The van der Waals surface area contributed by atoms with Crippen molar-refractivity contribution in [3.63, 3.8) is 0 Å². The molecule has 2 aromatic rings. The molecule has 1 unspecified atom stereocenters. The minimum absolute atomic E-state index is 0.260. The third-order valence-electron chi connectivity index (χ3n) is 5.29. The van der Waals surface area contributed by atoms with E-state index in [1.165, 1.54) is 16.7 Å². The molecule has 2 heterocycles. The first-order valence-corrected chi connectivity index (χ1v) is 9.06. The van der Waals surface area contributed by atoms with Gasteiger partial charge in [-0.1, -0.05) is 48.5 Å². The van der Waals surface area contributed by atoms with Gasteiger partial charge in [-0.05, 0) is 42.1 Å². The Morgan fingerprint density at radius 2 is 1.84 bits per heavy atom. The Morgan fingerprint density at radius 3 is 2.64 bits per heavy atom. The van der Waals surface area contributed by atoms with Gasteiger partial charge in [-0.3, -0.25) is 4.90 Å². The van der Waals surface area contributed by atoms with Gasteiger partial charge in [0.1, 0.15) is 5.60 Å². The standard InChI is InChI=1S/C21H24N2O2/c24-20-22-16-21(25-20)10-5-12-23(13-11-21)15-17-6-4-9-19(14-17)18-7-2-1-3-8-18/h1-4,6-9,14H,5,10-13,15-16H2,(H,22,24). The molecule has 2 aromatic carbocycles. The number of hydrogen-bond donors (Lipinski definition) is 1. The largest absolute Gasteiger partial charge is 0.441 e. The maximum atomic E-state index is 11.4. The molecule has 4 heteroatoms. The Morgan fingerprint density at radius 1 is 1.00 bits per heavy atom. The molecule has 1 N–H and O–H groups in total. The Labute approximate surface area is 148 Å². The third kappa shape index (κ3) is 3.69. The number of nitrogens with one attached hydrogen (secondary N) is 1. The number of rotatable bonds is 3. The Hall–Kier alpha value is -2.33. The molecule has 2 aliphatic rings. The van der Waals surface area contributed by atoms with Crippen molar-refractivity contribution in [1.82, 2.24) is 10.2 Å². The smallest absolute Gasteiger partial charge is 0.407 e. The highest BCUT2D eigenvalue weighted by Crippen LogP contribution is 2.30. The summed E-state index contributed by atoms with van der Waals surface area (Å²) in [4.78, 5) is 13.9. The molecule has 130 valence electrons. The molecule has 2 saturated heterocycles. The Balaban J connectivity index is 1.43. The molecule has 0 radical (unpaired) electrons. The van der Waals surface area contributed by atoms with Crippen LogP contribution in [0.15, 0.2) is 54.6 Å². The van der Waals surface area contributed by atoms with Crippen molar-refractivity contribution < 1.29 is 9.53 Å². The summed E-state index contributed by atoms with van der Waals surface area (Å²) in [6.07, 6.45) is 2.66. The van der Waals surface area contributed by atoms with Gasteiger partial charge in [0.15, 0.2) is 0 Å². The predicted molar refractivity (Wildman–Crippen MR) is 98.2 cm³/mol. The first-order chi connectivity index (χ1) is 12.2. The number of alkyl carbamates (subject to hydrolysis) is 1. The molecule has 0 aliphatic carbocycles. The second kappa shape index (κ2) is 6.89. The second-order valence-corrected chi connectivity index (χ2v) is 7.12. The molecule has 1 spiro atoms. The Bertz CT molecular complexity index is 747. The lowest BCUT2D eigenvalue weighted by molar-refractivity contribution is 0.0443. The van der Waals surface area contributed by atoms with Crippen LogP contribution in [0, 0.1) is 0 Å². The van der Waals surface area contributed by atoms with Crippen LogP contribution in [0.4, 0.5) is 4.79 Å². The fraction of sp³-hybridized carbons (Fsp3) is 0.381. The van der Waals surface area contributed by atoms with Crippen LogP contribution in [-0.2, 0) is 11.3 Å². The van der Waals surface area contributed by atoms with E-state index >= 15 is 0 Å². The molecule has 4 rings (SSSR count). The van der Waals surface area contributed by atoms with Crippen molar-refractivity contribution in [2.75, 3.05) is 19.6 Å². The summed E-state index contributed by atoms with van der Waals surface area (Å²) in [5.41, 5.74) is 3.57. The van der Waals surface area contributed by atoms with E-state index in [1.54, 1.807) is 0 Å². The van der Waals surface area contributed by atoms with E-state index in [1.807, 2.05) is 6.07 Å². The summed E-state index contributed by atoms with van der Waals surface area (Å²) >= 11 is 0. The number of benzene rings is 2. The lowest BCUT2D eigenvalue weighted by Gasteiger charge is -2.25. The number of carbonyl (C=O) groups is 1. The quantitative estimate of drug-likeness (QED) is 0.926. The number of ether oxygens (including phenoxy) is 1. The van der Waals surface area contributed by atoms with Gasteiger partial charge in [-0.15, -0.1) is 0 Å². The molecule has 2 fully saturated rings. The molecule has 0 aromatic heterocycles. The lowest BCUT2D eigenvalue weighted by atomic mass is 9.95. The zero-order valence-electron chi connectivity index (χ0n) is 14.4. The van der Waals surface area contributed by atoms with Crippen LogP contribution in [-0.4, -0.2) is 36.2 Å². The van der Waals surface area contributed by atoms with Crippen molar-refractivity contribution in [1.29, 1.82) is 0 Å². The van der Waals surface area contributed by atoms with Crippen LogP contribution in [0.1, 0.15) is 24.8 Å². The molecule has 0 bridgehead atoms. The van der Waals surface area contributed by atoms with E-state index in [4.69, 9.17) is 4.74 Å². The molecule has 25 heavy (non-hydrogen) atoms. The molecule has 1 atom stereocenters. The van der Waals surface area contributed by atoms with Crippen LogP contribution in [0.5, 0.6) is 0 Å². The maximum absolute atomic E-state index is 11.4. The minimum atomic E-state index is -0.280. The van der Waals surface area contributed by atoms with Gasteiger partial charge in [0.05, 0.1) is 6.54 Å². The molecule has 2 aliphatic heterocycles. The van der Waals surface area contributed by atoms with Gasteiger partial charge in [0.2, 0.25) is 0 Å². The van der Waals surface area contributed by atoms with E-state index in [0.717, 1.165) is 38.9 Å². The predicted octanol–water partition coefficient (Wildman–Crippen LogP) is 3.82. The van der Waals surface area contributed by atoms with E-state index < -0.39 is 0 Å². The van der Waals surface area contributed by atoms with Crippen LogP contribution in [0.2, 0.25) is 0 Å². The maximum Gasteiger partial charge on any atom is 0.407 e. The van der Waals surface area contributed by atoms with Crippen molar-refractivity contribution in [3.05, 3.63) is 60.2 Å². The number of carbonyl (C=O) groups excluding carboxylic acids is 1.